The Bertz CT molecular complexity index is 1610. The molecular formula is C26H20N2O3S3. The number of thiazole rings is 1. The molecule has 0 aliphatic heterocycles. The van der Waals surface area contributed by atoms with E-state index in [4.69, 9.17) is 0 Å². The van der Waals surface area contributed by atoms with E-state index in [-0.39, 0.29) is 9.77 Å². The van der Waals surface area contributed by atoms with Crippen LogP contribution in [0.2, 0.25) is 0 Å². The summed E-state index contributed by atoms with van der Waals surface area (Å²) in [5.41, 5.74) is 2.24. The first-order valence-corrected chi connectivity index (χ1v) is 13.6. The van der Waals surface area contributed by atoms with Gasteiger partial charge in [-0.05, 0) is 48.0 Å². The third-order valence-electron chi connectivity index (χ3n) is 5.24. The van der Waals surface area contributed by atoms with Gasteiger partial charge in [0.05, 0.1) is 27.3 Å². The van der Waals surface area contributed by atoms with Gasteiger partial charge in [-0.25, -0.2) is 8.42 Å². The molecule has 1 heterocycles. The van der Waals surface area contributed by atoms with Gasteiger partial charge in [0.25, 0.3) is 10.0 Å². The molecule has 1 aromatic heterocycles. The lowest BCUT2D eigenvalue weighted by Gasteiger charge is -2.12. The number of anilines is 1. The average molecular weight is 505 g/mol. The number of sulfonamides is 1. The van der Waals surface area contributed by atoms with E-state index < -0.39 is 10.0 Å². The number of nitrogens with one attached hydrogen (secondary N) is 1. The Morgan fingerprint density at radius 3 is 2.26 bits per heavy atom. The third-order valence-corrected chi connectivity index (χ3v) is 8.62. The Kier molecular flexibility index (Phi) is 6.28. The molecule has 34 heavy (non-hydrogen) atoms. The Morgan fingerprint density at radius 1 is 0.824 bits per heavy atom. The monoisotopic (exact) mass is 504 g/mol. The molecule has 0 saturated carbocycles. The van der Waals surface area contributed by atoms with Gasteiger partial charge in [-0.1, -0.05) is 83.8 Å². The minimum Gasteiger partial charge on any atom is -0.294 e. The van der Waals surface area contributed by atoms with Gasteiger partial charge in [-0.2, -0.15) is 0 Å². The van der Waals surface area contributed by atoms with E-state index in [9.17, 15) is 13.2 Å². The van der Waals surface area contributed by atoms with Crippen LogP contribution in [-0.2, 0) is 16.6 Å². The standard InChI is InChI=1S/C26H20N2O3S3/c29-26-28(18-19-9-3-1-4-10-19)23-16-15-21(17-25(23)33-26)34(30,31)27-22-13-7-8-14-24(22)32-20-11-5-2-6-12-20/h1-17,27H,18H2. The number of nitrogens with zero attached hydrogens (tertiary/aromatic N) is 1. The summed E-state index contributed by atoms with van der Waals surface area (Å²) in [5, 5.41) is 0. The minimum absolute atomic E-state index is 0.118. The van der Waals surface area contributed by atoms with E-state index in [0.717, 1.165) is 32.2 Å². The third kappa shape index (κ3) is 4.79. The van der Waals surface area contributed by atoms with Crippen molar-refractivity contribution in [2.75, 3.05) is 4.72 Å². The van der Waals surface area contributed by atoms with Gasteiger partial charge >= 0.3 is 4.87 Å². The average Bonchev–Trinajstić information content (AvgIpc) is 3.16. The van der Waals surface area contributed by atoms with Crippen LogP contribution in [0, 0.1) is 0 Å². The highest BCUT2D eigenvalue weighted by molar-refractivity contribution is 7.99. The maximum absolute atomic E-state index is 13.2. The predicted octanol–water partition coefficient (Wildman–Crippen LogP) is 6.06. The van der Waals surface area contributed by atoms with Crippen LogP contribution in [0.25, 0.3) is 10.2 Å². The Hall–Kier alpha value is -3.33. The van der Waals surface area contributed by atoms with Gasteiger partial charge in [-0.3, -0.25) is 14.1 Å². The van der Waals surface area contributed by atoms with Crippen molar-refractivity contribution in [1.82, 2.24) is 4.57 Å². The van der Waals surface area contributed by atoms with Gasteiger partial charge in [0, 0.05) is 9.79 Å². The van der Waals surface area contributed by atoms with Crippen molar-refractivity contribution in [3.8, 4) is 0 Å². The molecule has 1 N–H and O–H groups in total. The summed E-state index contributed by atoms with van der Waals surface area (Å²) in [6, 6.07) is 31.6. The summed E-state index contributed by atoms with van der Waals surface area (Å²) in [4.78, 5) is 14.4. The molecule has 170 valence electrons. The number of aromatic nitrogens is 1. The van der Waals surface area contributed by atoms with E-state index in [2.05, 4.69) is 4.72 Å². The van der Waals surface area contributed by atoms with Crippen molar-refractivity contribution >= 4 is 49.0 Å². The minimum atomic E-state index is -3.85. The molecule has 0 aliphatic rings. The summed E-state index contributed by atoms with van der Waals surface area (Å²) in [7, 11) is -3.85. The van der Waals surface area contributed by atoms with Crippen molar-refractivity contribution in [2.24, 2.45) is 0 Å². The summed E-state index contributed by atoms with van der Waals surface area (Å²) in [6.07, 6.45) is 0. The summed E-state index contributed by atoms with van der Waals surface area (Å²) in [5.74, 6) is 0. The van der Waals surface area contributed by atoms with Crippen molar-refractivity contribution in [3.05, 3.63) is 118 Å². The molecule has 4 aromatic carbocycles. The maximum atomic E-state index is 13.2. The predicted molar refractivity (Wildman–Crippen MR) is 139 cm³/mol. The maximum Gasteiger partial charge on any atom is 0.308 e. The number of rotatable bonds is 7. The largest absolute Gasteiger partial charge is 0.308 e. The molecule has 8 heteroatoms. The molecule has 0 amide bonds. The summed E-state index contributed by atoms with van der Waals surface area (Å²) < 4.78 is 31.5. The van der Waals surface area contributed by atoms with Crippen LogP contribution in [0.5, 0.6) is 0 Å². The molecule has 0 radical (unpaired) electrons. The van der Waals surface area contributed by atoms with Gasteiger partial charge in [0.2, 0.25) is 0 Å². The highest BCUT2D eigenvalue weighted by Crippen LogP contribution is 2.34. The highest BCUT2D eigenvalue weighted by atomic mass is 32.2. The SMILES string of the molecule is O=c1sc2cc(S(=O)(=O)Nc3ccccc3Sc3ccccc3)ccc2n1Cc1ccccc1. The summed E-state index contributed by atoms with van der Waals surface area (Å²) in [6.45, 7) is 0.439. The first-order chi connectivity index (χ1) is 16.5. The van der Waals surface area contributed by atoms with Crippen molar-refractivity contribution in [2.45, 2.75) is 21.2 Å². The lowest BCUT2D eigenvalue weighted by Crippen LogP contribution is -2.14. The van der Waals surface area contributed by atoms with Crippen LogP contribution in [0.1, 0.15) is 5.56 Å². The van der Waals surface area contributed by atoms with E-state index in [1.165, 1.54) is 11.8 Å². The van der Waals surface area contributed by atoms with Crippen LogP contribution in [-0.4, -0.2) is 13.0 Å². The van der Waals surface area contributed by atoms with Crippen LogP contribution in [0.3, 0.4) is 0 Å². The van der Waals surface area contributed by atoms with Crippen molar-refractivity contribution in [1.29, 1.82) is 0 Å². The fourth-order valence-electron chi connectivity index (χ4n) is 3.59. The molecule has 0 fully saturated rings. The zero-order valence-electron chi connectivity index (χ0n) is 17.9. The van der Waals surface area contributed by atoms with Gasteiger partial charge < -0.3 is 0 Å². The van der Waals surface area contributed by atoms with Crippen LogP contribution < -0.4 is 9.60 Å². The van der Waals surface area contributed by atoms with Crippen LogP contribution in [0.15, 0.2) is 123 Å². The van der Waals surface area contributed by atoms with Gasteiger partial charge in [0.15, 0.2) is 0 Å². The molecule has 5 rings (SSSR count). The second kappa shape index (κ2) is 9.50. The smallest absolute Gasteiger partial charge is 0.294 e. The number of hydrogen-bond donors (Lipinski definition) is 1. The normalized spacial score (nSPS) is 11.5. The van der Waals surface area contributed by atoms with Gasteiger partial charge in [0.1, 0.15) is 0 Å². The Balaban J connectivity index is 1.44. The first kappa shape index (κ1) is 22.5. The fourth-order valence-corrected chi connectivity index (χ4v) is 6.69. The van der Waals surface area contributed by atoms with E-state index >= 15 is 0 Å². The highest BCUT2D eigenvalue weighted by Gasteiger charge is 2.19. The zero-order chi connectivity index (χ0) is 23.5. The molecule has 0 spiro atoms. The van der Waals surface area contributed by atoms with Gasteiger partial charge in [-0.15, -0.1) is 0 Å². The first-order valence-electron chi connectivity index (χ1n) is 10.5. The Morgan fingerprint density at radius 2 is 1.50 bits per heavy atom. The number of para-hydroxylation sites is 1. The molecule has 0 aliphatic carbocycles. The second-order valence-electron chi connectivity index (χ2n) is 7.59. The molecule has 0 atom stereocenters. The van der Waals surface area contributed by atoms with Crippen LogP contribution in [0.4, 0.5) is 5.69 Å². The van der Waals surface area contributed by atoms with E-state index in [1.54, 1.807) is 34.9 Å². The number of fused-ring (bicyclic) bond motifs is 1. The molecule has 5 nitrogen and oxygen atoms in total. The topological polar surface area (TPSA) is 68.2 Å². The fraction of sp³-hybridized carbons (Fsp3) is 0.0385. The second-order valence-corrected chi connectivity index (χ2v) is 11.4. The molecule has 0 bridgehead atoms. The molecule has 5 aromatic rings. The molecular weight excluding hydrogens is 484 g/mol. The van der Waals surface area contributed by atoms with Crippen molar-refractivity contribution < 1.29 is 8.42 Å². The number of benzene rings is 4. The van der Waals surface area contributed by atoms with Crippen molar-refractivity contribution in [3.63, 3.8) is 0 Å². The Labute approximate surface area is 205 Å². The summed E-state index contributed by atoms with van der Waals surface area (Å²) >= 11 is 2.54. The van der Waals surface area contributed by atoms with Crippen LogP contribution >= 0.6 is 23.1 Å². The van der Waals surface area contributed by atoms with E-state index in [1.807, 2.05) is 72.8 Å². The van der Waals surface area contributed by atoms with E-state index in [0.29, 0.717) is 16.9 Å². The molecule has 0 unspecified atom stereocenters. The number of hydrogen-bond acceptors (Lipinski definition) is 5. The lowest BCUT2D eigenvalue weighted by molar-refractivity contribution is 0.601. The quantitative estimate of drug-likeness (QED) is 0.292. The molecule has 0 saturated heterocycles. The zero-order valence-corrected chi connectivity index (χ0v) is 20.4. The lowest BCUT2D eigenvalue weighted by atomic mass is 10.2.